The first kappa shape index (κ1) is 16.1. The van der Waals surface area contributed by atoms with Crippen LogP contribution >= 0.6 is 0 Å². The van der Waals surface area contributed by atoms with E-state index in [4.69, 9.17) is 0 Å². The molecule has 0 aromatic heterocycles. The van der Waals surface area contributed by atoms with Crippen LogP contribution in [0.3, 0.4) is 0 Å². The zero-order chi connectivity index (χ0) is 16.0. The van der Waals surface area contributed by atoms with Crippen molar-refractivity contribution in [3.05, 3.63) is 35.9 Å². The molecule has 126 valence electrons. The van der Waals surface area contributed by atoms with Gasteiger partial charge >= 0.3 is 150 Å². The van der Waals surface area contributed by atoms with Gasteiger partial charge in [0, 0.05) is 0 Å². The van der Waals surface area contributed by atoms with Gasteiger partial charge in [-0.05, 0) is 0 Å². The van der Waals surface area contributed by atoms with Crippen molar-refractivity contribution in [3.8, 4) is 0 Å². The fourth-order valence-electron chi connectivity index (χ4n) is 4.56. The molecule has 0 radical (unpaired) electrons. The molecule has 1 saturated heterocycles. The number of halogens is 1. The quantitative estimate of drug-likeness (QED) is 0.302. The predicted molar refractivity (Wildman–Crippen MR) is 90.6 cm³/mol. The van der Waals surface area contributed by atoms with Gasteiger partial charge in [-0.15, -0.1) is 0 Å². The van der Waals surface area contributed by atoms with Gasteiger partial charge < -0.3 is 0 Å². The molecule has 1 heterocycles. The summed E-state index contributed by atoms with van der Waals surface area (Å²) in [6.07, 6.45) is 5.11. The fourth-order valence-corrected chi connectivity index (χ4v) is 8.85. The molecule has 0 amide bonds. The van der Waals surface area contributed by atoms with E-state index in [1.54, 1.807) is 0 Å². The number of ketones is 1. The molecule has 1 aromatic rings. The van der Waals surface area contributed by atoms with E-state index in [0.29, 0.717) is 11.8 Å². The van der Waals surface area contributed by atoms with Crippen LogP contribution in [0.4, 0.5) is 0 Å². The number of carbonyl (C=O) groups excluding carboxylic acids is 1. The summed E-state index contributed by atoms with van der Waals surface area (Å²) in [6.45, 7) is 6.87. The molecule has 0 spiro atoms. The summed E-state index contributed by atoms with van der Waals surface area (Å²) < 4.78 is 1.56. The second-order valence-corrected chi connectivity index (χ2v) is 11.8. The average Bonchev–Trinajstić information content (AvgIpc) is 2.53. The molecule has 2 aliphatic carbocycles. The zero-order valence-electron chi connectivity index (χ0n) is 14.2. The van der Waals surface area contributed by atoms with Crippen molar-refractivity contribution in [3.63, 3.8) is 0 Å². The van der Waals surface area contributed by atoms with Gasteiger partial charge in [0.05, 0.1) is 0 Å². The molecule has 4 rings (SSSR count). The van der Waals surface area contributed by atoms with E-state index in [9.17, 15) is 4.79 Å². The number of benzene rings is 1. The Hall–Kier alpha value is -0.420. The fraction of sp³-hybridized carbons (Fsp3) is 0.650. The van der Waals surface area contributed by atoms with Gasteiger partial charge in [-0.2, -0.15) is 0 Å². The zero-order valence-corrected chi connectivity index (χ0v) is 16.4. The Kier molecular flexibility index (Phi) is 4.29. The molecule has 1 N–H and O–H groups in total. The van der Waals surface area contributed by atoms with Crippen LogP contribution in [0.5, 0.6) is 0 Å². The van der Waals surface area contributed by atoms with Crippen molar-refractivity contribution in [1.29, 1.82) is 0 Å². The van der Waals surface area contributed by atoms with Crippen LogP contribution in [0.2, 0.25) is 0 Å². The van der Waals surface area contributed by atoms with Crippen LogP contribution in [0, 0.1) is 17.3 Å². The number of fused-ring (bicyclic) bond motifs is 1. The molecule has 3 aliphatic rings. The SMILES string of the molecule is CC1CCC1C(=[OH+])C12CC[C@H]1[I-]C(C)N(Cc1ccccc1)C2. The summed E-state index contributed by atoms with van der Waals surface area (Å²) in [5.41, 5.74) is 1.57. The Labute approximate surface area is 150 Å². The molecule has 4 unspecified atom stereocenters. The first-order valence-electron chi connectivity index (χ1n) is 9.06. The van der Waals surface area contributed by atoms with Crippen LogP contribution in [-0.4, -0.2) is 30.0 Å². The van der Waals surface area contributed by atoms with E-state index in [2.05, 4.69) is 49.1 Å². The summed E-state index contributed by atoms with van der Waals surface area (Å²) >= 11 is 0.138. The van der Waals surface area contributed by atoms with Crippen molar-refractivity contribution >= 4 is 5.78 Å². The van der Waals surface area contributed by atoms with Crippen molar-refractivity contribution in [2.24, 2.45) is 17.3 Å². The number of nitrogens with zero attached hydrogens (tertiary/aromatic N) is 1. The second kappa shape index (κ2) is 6.14. The average molecular weight is 425 g/mol. The molecule has 23 heavy (non-hydrogen) atoms. The molecular weight excluding hydrogens is 397 g/mol. The van der Waals surface area contributed by atoms with Gasteiger partial charge in [0.1, 0.15) is 0 Å². The third-order valence-electron chi connectivity index (χ3n) is 6.48. The number of rotatable bonds is 4. The van der Waals surface area contributed by atoms with Crippen molar-refractivity contribution in [2.45, 2.75) is 54.0 Å². The second-order valence-electron chi connectivity index (χ2n) is 7.80. The Morgan fingerprint density at radius 2 is 2.00 bits per heavy atom. The number of hydrogen-bond donors (Lipinski definition) is 0. The number of hydrogen-bond acceptors (Lipinski definition) is 1. The topological polar surface area (TPSA) is 24.6 Å². The molecule has 2 saturated carbocycles. The standard InChI is InChI=1S/C20H27INO/c1-14-8-9-17(14)19(23)20-11-10-18(20)21-15(2)22(13-20)12-16-6-4-3-5-7-16/h3-7,14-15,17-18H,8-13H2,1-2H3/q-1/p+1/t14?,15?,17?,18-,20?/m1/s1. The predicted octanol–water partition coefficient (Wildman–Crippen LogP) is 0.677. The molecular formula is C20H28INO. The molecule has 5 atom stereocenters. The molecule has 3 fully saturated rings. The van der Waals surface area contributed by atoms with Gasteiger partial charge in [-0.25, -0.2) is 0 Å². The normalized spacial score (nSPS) is 40.3. The first-order chi connectivity index (χ1) is 11.1. The summed E-state index contributed by atoms with van der Waals surface area (Å²) in [7, 11) is 0. The van der Waals surface area contributed by atoms with Crippen LogP contribution in [-0.2, 0) is 6.54 Å². The Morgan fingerprint density at radius 3 is 2.57 bits per heavy atom. The third-order valence-corrected chi connectivity index (χ3v) is 11.0. The van der Waals surface area contributed by atoms with E-state index in [0.717, 1.165) is 26.8 Å². The molecule has 2 nitrogen and oxygen atoms in total. The van der Waals surface area contributed by atoms with Crippen molar-refractivity contribution in [1.82, 2.24) is 4.90 Å². The summed E-state index contributed by atoms with van der Waals surface area (Å²) in [4.78, 5) is 13.8. The van der Waals surface area contributed by atoms with Crippen molar-refractivity contribution in [2.75, 3.05) is 6.54 Å². The minimum atomic E-state index is 0.138. The third kappa shape index (κ3) is 2.68. The van der Waals surface area contributed by atoms with E-state index in [1.165, 1.54) is 31.2 Å². The monoisotopic (exact) mass is 425 g/mol. The van der Waals surface area contributed by atoms with Gasteiger partial charge in [0.2, 0.25) is 0 Å². The Morgan fingerprint density at radius 1 is 1.22 bits per heavy atom. The maximum absolute atomic E-state index is 11.1. The van der Waals surface area contributed by atoms with E-state index in [-0.39, 0.29) is 26.6 Å². The van der Waals surface area contributed by atoms with Gasteiger partial charge in [-0.1, -0.05) is 0 Å². The van der Waals surface area contributed by atoms with Crippen LogP contribution in [0.15, 0.2) is 30.3 Å². The van der Waals surface area contributed by atoms with E-state index < -0.39 is 0 Å². The van der Waals surface area contributed by atoms with Crippen LogP contribution in [0.25, 0.3) is 0 Å². The van der Waals surface area contributed by atoms with Gasteiger partial charge in [0.25, 0.3) is 0 Å². The molecule has 3 heteroatoms. The van der Waals surface area contributed by atoms with Crippen LogP contribution < -0.4 is 21.2 Å². The Balaban J connectivity index is 1.52. The van der Waals surface area contributed by atoms with E-state index >= 15 is 0 Å². The summed E-state index contributed by atoms with van der Waals surface area (Å²) in [6, 6.07) is 10.8. The summed E-state index contributed by atoms with van der Waals surface area (Å²) in [5.74, 6) is 2.09. The minimum absolute atomic E-state index is 0.138. The van der Waals surface area contributed by atoms with Crippen LogP contribution in [0.1, 0.15) is 45.1 Å². The number of alkyl halides is 2. The van der Waals surface area contributed by atoms with Crippen molar-refractivity contribution < 1.29 is 26.0 Å². The Bertz CT molecular complexity index is 589. The molecule has 0 bridgehead atoms. The molecule has 1 aromatic carbocycles. The summed E-state index contributed by atoms with van der Waals surface area (Å²) in [5, 5.41) is 0. The first-order valence-corrected chi connectivity index (χ1v) is 11.6. The van der Waals surface area contributed by atoms with E-state index in [1.807, 2.05) is 0 Å². The molecule has 1 aliphatic heterocycles. The van der Waals surface area contributed by atoms with Gasteiger partial charge in [-0.3, -0.25) is 0 Å². The van der Waals surface area contributed by atoms with Gasteiger partial charge in [0.15, 0.2) is 0 Å². The maximum atomic E-state index is 11.1.